The zero-order valence-electron chi connectivity index (χ0n) is 10.2. The van der Waals surface area contributed by atoms with Crippen LogP contribution in [0.2, 0.25) is 5.02 Å². The van der Waals surface area contributed by atoms with Gasteiger partial charge in [0.25, 0.3) is 0 Å². The molecule has 20 heavy (non-hydrogen) atoms. The van der Waals surface area contributed by atoms with Gasteiger partial charge in [-0.25, -0.2) is 13.6 Å². The highest BCUT2D eigenvalue weighted by atomic mass is 35.5. The maximum Gasteiger partial charge on any atom is 0.338 e. The van der Waals surface area contributed by atoms with E-state index in [2.05, 4.69) is 0 Å². The monoisotopic (exact) mass is 297 g/mol. The molecular formula is C14H10ClF2NO2. The molecule has 0 aromatic heterocycles. The van der Waals surface area contributed by atoms with E-state index in [9.17, 15) is 13.6 Å². The first-order valence-electron chi connectivity index (χ1n) is 5.63. The first-order chi connectivity index (χ1) is 9.45. The summed E-state index contributed by atoms with van der Waals surface area (Å²) in [6, 6.07) is 7.26. The number of nitrogen functional groups attached to an aromatic ring is 1. The first-order valence-corrected chi connectivity index (χ1v) is 6.00. The number of halogens is 3. The van der Waals surface area contributed by atoms with Crippen molar-refractivity contribution in [2.75, 3.05) is 5.73 Å². The summed E-state index contributed by atoms with van der Waals surface area (Å²) in [7, 11) is 0. The van der Waals surface area contributed by atoms with Gasteiger partial charge in [0.15, 0.2) is 0 Å². The minimum absolute atomic E-state index is 0.0371. The Morgan fingerprint density at radius 3 is 2.65 bits per heavy atom. The fraction of sp³-hybridized carbons (Fsp3) is 0.0714. The van der Waals surface area contributed by atoms with E-state index >= 15 is 0 Å². The van der Waals surface area contributed by atoms with E-state index in [0.717, 1.165) is 12.1 Å². The Morgan fingerprint density at radius 1 is 1.20 bits per heavy atom. The van der Waals surface area contributed by atoms with Crippen molar-refractivity contribution in [1.82, 2.24) is 0 Å². The predicted molar refractivity (Wildman–Crippen MR) is 71.3 cm³/mol. The molecule has 104 valence electrons. The number of esters is 1. The Labute approximate surface area is 118 Å². The first kappa shape index (κ1) is 14.3. The van der Waals surface area contributed by atoms with Gasteiger partial charge in [-0.15, -0.1) is 0 Å². The average Bonchev–Trinajstić information content (AvgIpc) is 2.38. The van der Waals surface area contributed by atoms with Gasteiger partial charge in [-0.05, 0) is 36.4 Å². The third-order valence-electron chi connectivity index (χ3n) is 2.52. The molecule has 0 unspecified atom stereocenters. The predicted octanol–water partition coefficient (Wildman–Crippen LogP) is 3.56. The lowest BCUT2D eigenvalue weighted by molar-refractivity contribution is 0.0468. The molecule has 0 aliphatic heterocycles. The summed E-state index contributed by atoms with van der Waals surface area (Å²) in [5, 5.41) is 0.326. The number of anilines is 1. The summed E-state index contributed by atoms with van der Waals surface area (Å²) in [5.74, 6) is -1.98. The van der Waals surface area contributed by atoms with Crippen molar-refractivity contribution in [2.45, 2.75) is 6.61 Å². The van der Waals surface area contributed by atoms with Crippen LogP contribution in [0, 0.1) is 11.6 Å². The van der Waals surface area contributed by atoms with Crippen LogP contribution in [0.15, 0.2) is 36.4 Å². The highest BCUT2D eigenvalue weighted by molar-refractivity contribution is 6.30. The fourth-order valence-corrected chi connectivity index (χ4v) is 1.81. The van der Waals surface area contributed by atoms with Gasteiger partial charge in [0.1, 0.15) is 18.2 Å². The van der Waals surface area contributed by atoms with Crippen LogP contribution in [0.25, 0.3) is 0 Å². The van der Waals surface area contributed by atoms with E-state index in [0.29, 0.717) is 5.02 Å². The number of rotatable bonds is 3. The minimum Gasteiger partial charge on any atom is -0.457 e. The van der Waals surface area contributed by atoms with Crippen LogP contribution in [0.1, 0.15) is 15.9 Å². The summed E-state index contributed by atoms with van der Waals surface area (Å²) in [5.41, 5.74) is 5.62. The molecule has 0 bridgehead atoms. The van der Waals surface area contributed by atoms with Crippen molar-refractivity contribution in [3.05, 3.63) is 64.2 Å². The summed E-state index contributed by atoms with van der Waals surface area (Å²) in [6.07, 6.45) is 0. The quantitative estimate of drug-likeness (QED) is 0.696. The van der Waals surface area contributed by atoms with Crippen molar-refractivity contribution >= 4 is 23.3 Å². The number of carbonyl (C=O) groups is 1. The smallest absolute Gasteiger partial charge is 0.338 e. The summed E-state index contributed by atoms with van der Waals surface area (Å²) in [6.45, 7) is -0.304. The molecule has 0 aliphatic carbocycles. The molecule has 0 heterocycles. The molecule has 2 rings (SSSR count). The summed E-state index contributed by atoms with van der Waals surface area (Å²) >= 11 is 5.72. The lowest BCUT2D eigenvalue weighted by Crippen LogP contribution is -2.07. The average molecular weight is 298 g/mol. The molecule has 0 radical (unpaired) electrons. The van der Waals surface area contributed by atoms with Crippen LogP contribution < -0.4 is 5.73 Å². The molecule has 3 nitrogen and oxygen atoms in total. The summed E-state index contributed by atoms with van der Waals surface area (Å²) < 4.78 is 31.4. The number of carbonyl (C=O) groups excluding carboxylic acids is 1. The van der Waals surface area contributed by atoms with E-state index in [1.54, 1.807) is 0 Å². The zero-order chi connectivity index (χ0) is 14.7. The molecule has 0 spiro atoms. The van der Waals surface area contributed by atoms with Crippen LogP contribution in [0.4, 0.5) is 14.5 Å². The Kier molecular flexibility index (Phi) is 4.20. The Bertz CT molecular complexity index is 641. The van der Waals surface area contributed by atoms with Gasteiger partial charge in [-0.1, -0.05) is 11.6 Å². The maximum absolute atomic E-state index is 13.4. The van der Waals surface area contributed by atoms with Crippen molar-refractivity contribution in [2.24, 2.45) is 0 Å². The van der Waals surface area contributed by atoms with E-state index in [1.807, 2.05) is 0 Å². The number of hydrogen-bond acceptors (Lipinski definition) is 3. The van der Waals surface area contributed by atoms with E-state index in [1.165, 1.54) is 24.3 Å². The Balaban J connectivity index is 2.10. The molecule has 2 aromatic carbocycles. The molecule has 0 aliphatic rings. The number of ether oxygens (including phenoxy) is 1. The molecule has 0 amide bonds. The zero-order valence-corrected chi connectivity index (χ0v) is 11.0. The van der Waals surface area contributed by atoms with Gasteiger partial charge in [-0.2, -0.15) is 0 Å². The second-order valence-electron chi connectivity index (χ2n) is 4.09. The van der Waals surface area contributed by atoms with E-state index < -0.39 is 17.6 Å². The van der Waals surface area contributed by atoms with Crippen LogP contribution in [-0.2, 0) is 11.3 Å². The van der Waals surface area contributed by atoms with Crippen LogP contribution in [-0.4, -0.2) is 5.97 Å². The van der Waals surface area contributed by atoms with Gasteiger partial charge in [0, 0.05) is 16.3 Å². The topological polar surface area (TPSA) is 52.3 Å². The number of hydrogen-bond donors (Lipinski definition) is 1. The maximum atomic E-state index is 13.4. The van der Waals surface area contributed by atoms with Gasteiger partial charge < -0.3 is 10.5 Å². The molecule has 0 saturated carbocycles. The molecule has 2 N–H and O–H groups in total. The van der Waals surface area contributed by atoms with Crippen LogP contribution in [0.5, 0.6) is 0 Å². The Morgan fingerprint density at radius 2 is 1.95 bits per heavy atom. The largest absolute Gasteiger partial charge is 0.457 e. The highest BCUT2D eigenvalue weighted by Crippen LogP contribution is 2.17. The van der Waals surface area contributed by atoms with E-state index in [4.69, 9.17) is 22.1 Å². The van der Waals surface area contributed by atoms with Crippen LogP contribution in [0.3, 0.4) is 0 Å². The van der Waals surface area contributed by atoms with Crippen molar-refractivity contribution in [3.63, 3.8) is 0 Å². The molecule has 6 heteroatoms. The number of nitrogens with two attached hydrogens (primary N) is 1. The van der Waals surface area contributed by atoms with Gasteiger partial charge >= 0.3 is 5.97 Å². The number of benzene rings is 2. The normalized spacial score (nSPS) is 10.3. The second-order valence-corrected chi connectivity index (χ2v) is 4.52. The third kappa shape index (κ3) is 3.45. The Hall–Kier alpha value is -2.14. The van der Waals surface area contributed by atoms with Crippen molar-refractivity contribution in [1.29, 1.82) is 0 Å². The van der Waals surface area contributed by atoms with Crippen molar-refractivity contribution < 1.29 is 18.3 Å². The highest BCUT2D eigenvalue weighted by Gasteiger charge is 2.11. The lowest BCUT2D eigenvalue weighted by Gasteiger charge is -2.07. The SMILES string of the molecule is Nc1cc(F)cc(C(=O)OCc2cc(Cl)ccc2F)c1. The summed E-state index contributed by atoms with van der Waals surface area (Å²) in [4.78, 5) is 11.7. The molecule has 0 saturated heterocycles. The van der Waals surface area contributed by atoms with Crippen LogP contribution >= 0.6 is 11.6 Å². The van der Waals surface area contributed by atoms with Gasteiger partial charge in [-0.3, -0.25) is 0 Å². The lowest BCUT2D eigenvalue weighted by atomic mass is 10.2. The van der Waals surface area contributed by atoms with Gasteiger partial charge in [0.2, 0.25) is 0 Å². The van der Waals surface area contributed by atoms with Crippen molar-refractivity contribution in [3.8, 4) is 0 Å². The molecule has 0 atom stereocenters. The minimum atomic E-state index is -0.796. The standard InChI is InChI=1S/C14H10ClF2NO2/c15-10-1-2-13(17)9(3-10)7-20-14(19)8-4-11(16)6-12(18)5-8/h1-6H,7,18H2. The van der Waals surface area contributed by atoms with E-state index in [-0.39, 0.29) is 23.4 Å². The van der Waals surface area contributed by atoms with Gasteiger partial charge in [0.05, 0.1) is 5.56 Å². The molecule has 0 fully saturated rings. The second kappa shape index (κ2) is 5.88. The third-order valence-corrected chi connectivity index (χ3v) is 2.76. The fourth-order valence-electron chi connectivity index (χ4n) is 1.61. The molecule has 2 aromatic rings. The molecular weight excluding hydrogens is 288 g/mol.